The van der Waals surface area contributed by atoms with Gasteiger partial charge in [-0.3, -0.25) is 14.6 Å². The number of aliphatic imine (C=N–C) groups is 1. The van der Waals surface area contributed by atoms with E-state index in [2.05, 4.69) is 20.4 Å². The lowest BCUT2D eigenvalue weighted by atomic mass is 10.2. The fourth-order valence-electron chi connectivity index (χ4n) is 2.24. The second kappa shape index (κ2) is 8.52. The molecule has 1 aliphatic rings. The van der Waals surface area contributed by atoms with Crippen molar-refractivity contribution >= 4 is 29.6 Å². The Labute approximate surface area is 157 Å². The molecule has 9 heteroatoms. The molecule has 146 valence electrons. The number of nitrogens with one attached hydrogen (secondary N) is 2. The third-order valence-electron chi connectivity index (χ3n) is 3.46. The molecule has 9 nitrogen and oxygen atoms in total. The molecule has 1 aromatic rings. The minimum absolute atomic E-state index is 0.216. The van der Waals surface area contributed by atoms with Gasteiger partial charge in [-0.1, -0.05) is 6.07 Å². The topological polar surface area (TPSA) is 109 Å². The Morgan fingerprint density at radius 1 is 1.26 bits per heavy atom. The molecular weight excluding hydrogens is 352 g/mol. The monoisotopic (exact) mass is 376 g/mol. The summed E-state index contributed by atoms with van der Waals surface area (Å²) in [5, 5.41) is 5.50. The minimum atomic E-state index is -0.609. The fourth-order valence-corrected chi connectivity index (χ4v) is 2.24. The number of amides is 2. The van der Waals surface area contributed by atoms with E-state index in [-0.39, 0.29) is 6.54 Å². The van der Waals surface area contributed by atoms with E-state index < -0.39 is 23.6 Å². The molecule has 0 unspecified atom stereocenters. The highest BCUT2D eigenvalue weighted by molar-refractivity contribution is 6.04. The van der Waals surface area contributed by atoms with E-state index in [0.29, 0.717) is 30.3 Å². The van der Waals surface area contributed by atoms with Gasteiger partial charge in [0.25, 0.3) is 5.91 Å². The number of rotatable bonds is 4. The maximum atomic E-state index is 12.3. The molecular formula is C18H24N4O5. The summed E-state index contributed by atoms with van der Waals surface area (Å²) in [5.74, 6) is -0.594. The zero-order chi connectivity index (χ0) is 20.0. The summed E-state index contributed by atoms with van der Waals surface area (Å²) in [4.78, 5) is 41.2. The largest absolute Gasteiger partial charge is 0.468 e. The highest BCUT2D eigenvalue weighted by atomic mass is 16.6. The number of methoxy groups -OCH3 is 1. The second-order valence-corrected chi connectivity index (χ2v) is 6.80. The normalized spacial score (nSPS) is 13.6. The van der Waals surface area contributed by atoms with Gasteiger partial charge in [-0.2, -0.15) is 0 Å². The summed E-state index contributed by atoms with van der Waals surface area (Å²) in [6.45, 7) is 6.04. The lowest BCUT2D eigenvalue weighted by molar-refractivity contribution is -0.139. The van der Waals surface area contributed by atoms with E-state index in [0.717, 1.165) is 0 Å². The number of guanidine groups is 1. The first-order chi connectivity index (χ1) is 12.7. The number of anilines is 1. The quantitative estimate of drug-likeness (QED) is 0.773. The van der Waals surface area contributed by atoms with Crippen LogP contribution in [0.4, 0.5) is 10.5 Å². The van der Waals surface area contributed by atoms with Gasteiger partial charge in [0.1, 0.15) is 12.1 Å². The van der Waals surface area contributed by atoms with Gasteiger partial charge in [-0.05, 0) is 39.0 Å². The molecule has 0 saturated heterocycles. The molecule has 1 heterocycles. The number of ether oxygens (including phenoxy) is 2. The summed E-state index contributed by atoms with van der Waals surface area (Å²) < 4.78 is 9.86. The highest BCUT2D eigenvalue weighted by Gasteiger charge is 2.28. The van der Waals surface area contributed by atoms with Gasteiger partial charge in [-0.15, -0.1) is 0 Å². The Morgan fingerprint density at radius 2 is 2.00 bits per heavy atom. The Morgan fingerprint density at radius 3 is 2.67 bits per heavy atom. The van der Waals surface area contributed by atoms with Crippen LogP contribution in [0.5, 0.6) is 0 Å². The summed E-state index contributed by atoms with van der Waals surface area (Å²) in [5.41, 5.74) is 0.323. The summed E-state index contributed by atoms with van der Waals surface area (Å²) >= 11 is 0. The molecule has 0 aromatic heterocycles. The number of hydrogen-bond donors (Lipinski definition) is 2. The van der Waals surface area contributed by atoms with E-state index in [1.807, 2.05) is 0 Å². The van der Waals surface area contributed by atoms with E-state index in [4.69, 9.17) is 4.74 Å². The van der Waals surface area contributed by atoms with Crippen LogP contribution in [-0.4, -0.2) is 61.2 Å². The van der Waals surface area contributed by atoms with Gasteiger partial charge in [-0.25, -0.2) is 9.69 Å². The molecule has 27 heavy (non-hydrogen) atoms. The van der Waals surface area contributed by atoms with Crippen molar-refractivity contribution in [2.75, 3.05) is 32.1 Å². The van der Waals surface area contributed by atoms with Crippen LogP contribution in [0, 0.1) is 0 Å². The number of esters is 1. The van der Waals surface area contributed by atoms with Crippen molar-refractivity contribution in [2.45, 2.75) is 26.4 Å². The molecule has 0 bridgehead atoms. The van der Waals surface area contributed by atoms with E-state index >= 15 is 0 Å². The standard InChI is InChI=1S/C18H24N4O5/c1-18(2,3)27-17(25)22-9-8-19-16(22)21-13-7-5-6-12(10-13)15(24)20-11-14(23)26-4/h5-7,10H,8-9,11H2,1-4H3,(H,19,21)(H,20,24). The maximum absolute atomic E-state index is 12.3. The van der Waals surface area contributed by atoms with Crippen LogP contribution in [0.15, 0.2) is 29.3 Å². The molecule has 2 rings (SSSR count). The summed E-state index contributed by atoms with van der Waals surface area (Å²) in [7, 11) is 1.25. The summed E-state index contributed by atoms with van der Waals surface area (Å²) in [6.07, 6.45) is -0.488. The van der Waals surface area contributed by atoms with Gasteiger partial charge in [0.15, 0.2) is 0 Å². The van der Waals surface area contributed by atoms with Gasteiger partial charge >= 0.3 is 12.1 Å². The van der Waals surface area contributed by atoms with Gasteiger partial charge in [0.2, 0.25) is 5.96 Å². The Kier molecular flexibility index (Phi) is 6.38. The van der Waals surface area contributed by atoms with E-state index in [1.54, 1.807) is 45.0 Å². The van der Waals surface area contributed by atoms with Crippen LogP contribution < -0.4 is 10.6 Å². The van der Waals surface area contributed by atoms with Crippen LogP contribution >= 0.6 is 0 Å². The number of hydrogen-bond acceptors (Lipinski definition) is 7. The molecule has 0 atom stereocenters. The second-order valence-electron chi connectivity index (χ2n) is 6.80. The van der Waals surface area contributed by atoms with E-state index in [1.165, 1.54) is 12.0 Å². The van der Waals surface area contributed by atoms with Crippen LogP contribution in [0.2, 0.25) is 0 Å². The van der Waals surface area contributed by atoms with Crippen molar-refractivity contribution < 1.29 is 23.9 Å². The molecule has 1 aliphatic heterocycles. The van der Waals surface area contributed by atoms with Crippen molar-refractivity contribution in [3.05, 3.63) is 29.8 Å². The molecule has 0 saturated carbocycles. The molecule has 0 fully saturated rings. The lowest BCUT2D eigenvalue weighted by Crippen LogP contribution is -2.41. The van der Waals surface area contributed by atoms with Gasteiger partial charge < -0.3 is 20.1 Å². The lowest BCUT2D eigenvalue weighted by Gasteiger charge is -2.25. The first kappa shape index (κ1) is 20.2. The van der Waals surface area contributed by atoms with E-state index in [9.17, 15) is 14.4 Å². The Hall–Kier alpha value is -3.10. The molecule has 0 radical (unpaired) electrons. The molecule has 1 aromatic carbocycles. The smallest absolute Gasteiger partial charge is 0.417 e. The average Bonchev–Trinajstić information content (AvgIpc) is 3.06. The average molecular weight is 376 g/mol. The van der Waals surface area contributed by atoms with Gasteiger partial charge in [0, 0.05) is 11.3 Å². The van der Waals surface area contributed by atoms with Crippen LogP contribution in [-0.2, 0) is 14.3 Å². The third-order valence-corrected chi connectivity index (χ3v) is 3.46. The number of carbonyl (C=O) groups excluding carboxylic acids is 3. The summed E-state index contributed by atoms with van der Waals surface area (Å²) in [6, 6.07) is 6.63. The van der Waals surface area contributed by atoms with Crippen molar-refractivity contribution in [3.63, 3.8) is 0 Å². The molecule has 2 amide bonds. The zero-order valence-corrected chi connectivity index (χ0v) is 15.9. The third kappa shape index (κ3) is 5.98. The number of nitrogens with zero attached hydrogens (tertiary/aromatic N) is 2. The Balaban J connectivity index is 2.03. The minimum Gasteiger partial charge on any atom is -0.468 e. The van der Waals surface area contributed by atoms with Crippen molar-refractivity contribution in [1.82, 2.24) is 10.2 Å². The zero-order valence-electron chi connectivity index (χ0n) is 15.9. The first-order valence-electron chi connectivity index (χ1n) is 8.46. The first-order valence-corrected chi connectivity index (χ1v) is 8.46. The SMILES string of the molecule is COC(=O)CNC(=O)c1cccc(NC2=NCCN2C(=O)OC(C)(C)C)c1. The Bertz CT molecular complexity index is 754. The van der Waals surface area contributed by atoms with Crippen LogP contribution in [0.3, 0.4) is 0 Å². The van der Waals surface area contributed by atoms with Crippen LogP contribution in [0.1, 0.15) is 31.1 Å². The molecule has 0 aliphatic carbocycles. The maximum Gasteiger partial charge on any atom is 0.417 e. The van der Waals surface area contributed by atoms with Gasteiger partial charge in [0.05, 0.1) is 20.2 Å². The highest BCUT2D eigenvalue weighted by Crippen LogP contribution is 2.16. The predicted molar refractivity (Wildman–Crippen MR) is 99.7 cm³/mol. The number of carbonyl (C=O) groups is 3. The van der Waals surface area contributed by atoms with Crippen molar-refractivity contribution in [3.8, 4) is 0 Å². The van der Waals surface area contributed by atoms with Crippen molar-refractivity contribution in [2.24, 2.45) is 4.99 Å². The fraction of sp³-hybridized carbons (Fsp3) is 0.444. The van der Waals surface area contributed by atoms with Crippen molar-refractivity contribution in [1.29, 1.82) is 0 Å². The van der Waals surface area contributed by atoms with Crippen LogP contribution in [0.25, 0.3) is 0 Å². The molecule has 0 spiro atoms. The predicted octanol–water partition coefficient (Wildman–Crippen LogP) is 1.61. The molecule has 2 N–H and O–H groups in total. The number of benzene rings is 1.